The molecule has 1 N–H and O–H groups in total. The largest absolute Gasteiger partial charge is 0.479 e. The third-order valence-corrected chi connectivity index (χ3v) is 2.49. The topological polar surface area (TPSA) is 57.6 Å². The summed E-state index contributed by atoms with van der Waals surface area (Å²) in [6.07, 6.45) is 3.22. The fourth-order valence-electron chi connectivity index (χ4n) is 1.69. The molecule has 4 heteroatoms. The Balaban J connectivity index is 2.21. The van der Waals surface area contributed by atoms with E-state index in [0.29, 0.717) is 12.1 Å². The molecule has 1 atom stereocenters. The molecule has 0 aliphatic carbocycles. The van der Waals surface area contributed by atoms with Crippen molar-refractivity contribution >= 4 is 11.9 Å². The first-order chi connectivity index (χ1) is 7.70. The molecule has 0 saturated heterocycles. The van der Waals surface area contributed by atoms with Crippen molar-refractivity contribution in [3.05, 3.63) is 48.0 Å². The molecular weight excluding hydrogens is 206 g/mol. The third kappa shape index (κ3) is 1.82. The second-order valence-corrected chi connectivity index (χ2v) is 3.53. The average molecular weight is 217 g/mol. The van der Waals surface area contributed by atoms with E-state index in [-0.39, 0.29) is 5.91 Å². The van der Waals surface area contributed by atoms with E-state index in [1.54, 1.807) is 30.3 Å². The SMILES string of the molecule is O=C(O)[C@@H]1C=CCN1C(=O)c1ccccc1. The van der Waals surface area contributed by atoms with Crippen LogP contribution in [0.15, 0.2) is 42.5 Å². The van der Waals surface area contributed by atoms with E-state index in [9.17, 15) is 9.59 Å². The molecule has 82 valence electrons. The van der Waals surface area contributed by atoms with Gasteiger partial charge in [-0.2, -0.15) is 0 Å². The minimum Gasteiger partial charge on any atom is -0.479 e. The summed E-state index contributed by atoms with van der Waals surface area (Å²) in [6.45, 7) is 0.352. The van der Waals surface area contributed by atoms with Crippen LogP contribution in [0, 0.1) is 0 Å². The van der Waals surface area contributed by atoms with Crippen LogP contribution in [0.2, 0.25) is 0 Å². The van der Waals surface area contributed by atoms with Crippen LogP contribution in [-0.2, 0) is 4.79 Å². The van der Waals surface area contributed by atoms with Crippen molar-refractivity contribution in [2.24, 2.45) is 0 Å². The minimum atomic E-state index is -1.00. The molecule has 1 amide bonds. The summed E-state index contributed by atoms with van der Waals surface area (Å²) in [5.41, 5.74) is 0.512. The first-order valence-electron chi connectivity index (χ1n) is 4.95. The first kappa shape index (κ1) is 10.4. The van der Waals surface area contributed by atoms with Gasteiger partial charge in [0.15, 0.2) is 0 Å². The lowest BCUT2D eigenvalue weighted by atomic mass is 10.2. The number of hydrogen-bond donors (Lipinski definition) is 1. The van der Waals surface area contributed by atoms with E-state index in [0.717, 1.165) is 0 Å². The Morgan fingerprint density at radius 1 is 1.25 bits per heavy atom. The van der Waals surface area contributed by atoms with Gasteiger partial charge in [0.05, 0.1) is 0 Å². The molecule has 1 aromatic carbocycles. The van der Waals surface area contributed by atoms with Crippen molar-refractivity contribution in [2.75, 3.05) is 6.54 Å². The van der Waals surface area contributed by atoms with E-state index in [4.69, 9.17) is 5.11 Å². The first-order valence-corrected chi connectivity index (χ1v) is 4.95. The number of carboxylic acids is 1. The highest BCUT2D eigenvalue weighted by atomic mass is 16.4. The summed E-state index contributed by atoms with van der Waals surface area (Å²) in [5, 5.41) is 8.93. The highest BCUT2D eigenvalue weighted by Gasteiger charge is 2.30. The van der Waals surface area contributed by atoms with E-state index >= 15 is 0 Å². The fourth-order valence-corrected chi connectivity index (χ4v) is 1.69. The van der Waals surface area contributed by atoms with Crippen LogP contribution in [-0.4, -0.2) is 34.5 Å². The van der Waals surface area contributed by atoms with Gasteiger partial charge in [-0.05, 0) is 12.1 Å². The van der Waals surface area contributed by atoms with Crippen molar-refractivity contribution in [3.63, 3.8) is 0 Å². The number of carboxylic acid groups (broad SMARTS) is 1. The second-order valence-electron chi connectivity index (χ2n) is 3.53. The van der Waals surface area contributed by atoms with E-state index in [2.05, 4.69) is 0 Å². The van der Waals surface area contributed by atoms with Crippen molar-refractivity contribution in [1.29, 1.82) is 0 Å². The van der Waals surface area contributed by atoms with Gasteiger partial charge in [-0.25, -0.2) is 4.79 Å². The zero-order valence-electron chi connectivity index (χ0n) is 8.54. The van der Waals surface area contributed by atoms with Gasteiger partial charge < -0.3 is 10.0 Å². The summed E-state index contributed by atoms with van der Waals surface area (Å²) >= 11 is 0. The van der Waals surface area contributed by atoms with Crippen LogP contribution >= 0.6 is 0 Å². The summed E-state index contributed by atoms with van der Waals surface area (Å²) in [4.78, 5) is 24.2. The average Bonchev–Trinajstić information content (AvgIpc) is 2.78. The Labute approximate surface area is 92.8 Å². The molecule has 16 heavy (non-hydrogen) atoms. The number of rotatable bonds is 2. The molecule has 0 radical (unpaired) electrons. The molecule has 4 nitrogen and oxygen atoms in total. The highest BCUT2D eigenvalue weighted by molar-refractivity contribution is 5.97. The maximum absolute atomic E-state index is 12.0. The summed E-state index contributed by atoms with van der Waals surface area (Å²) in [7, 11) is 0. The molecule has 0 saturated carbocycles. The smallest absolute Gasteiger partial charge is 0.330 e. The predicted octanol–water partition coefficient (Wildman–Crippen LogP) is 1.15. The number of aliphatic carboxylic acids is 1. The van der Waals surface area contributed by atoms with Crippen molar-refractivity contribution in [3.8, 4) is 0 Å². The monoisotopic (exact) mass is 217 g/mol. The zero-order chi connectivity index (χ0) is 11.5. The van der Waals surface area contributed by atoms with Gasteiger partial charge >= 0.3 is 5.97 Å². The molecule has 1 aliphatic heterocycles. The quantitative estimate of drug-likeness (QED) is 0.756. The van der Waals surface area contributed by atoms with Gasteiger partial charge in [-0.15, -0.1) is 0 Å². The Hall–Kier alpha value is -2.10. The Kier molecular flexibility index (Phi) is 2.72. The zero-order valence-corrected chi connectivity index (χ0v) is 8.54. The van der Waals surface area contributed by atoms with Gasteiger partial charge in [0, 0.05) is 12.1 Å². The molecule has 0 spiro atoms. The number of nitrogens with zero attached hydrogens (tertiary/aromatic N) is 1. The maximum Gasteiger partial charge on any atom is 0.330 e. The minimum absolute atomic E-state index is 0.252. The van der Waals surface area contributed by atoms with Crippen molar-refractivity contribution < 1.29 is 14.7 Å². The Bertz CT molecular complexity index is 439. The Morgan fingerprint density at radius 2 is 1.94 bits per heavy atom. The highest BCUT2D eigenvalue weighted by Crippen LogP contribution is 2.14. The predicted molar refractivity (Wildman–Crippen MR) is 58.0 cm³/mol. The number of hydrogen-bond acceptors (Lipinski definition) is 2. The summed E-state index contributed by atoms with van der Waals surface area (Å²) < 4.78 is 0. The molecule has 0 bridgehead atoms. The van der Waals surface area contributed by atoms with Gasteiger partial charge in [0.25, 0.3) is 5.91 Å². The molecule has 0 aromatic heterocycles. The number of amides is 1. The van der Waals surface area contributed by atoms with Crippen LogP contribution in [0.4, 0.5) is 0 Å². The van der Waals surface area contributed by atoms with Crippen LogP contribution in [0.5, 0.6) is 0 Å². The number of benzene rings is 1. The van der Waals surface area contributed by atoms with Gasteiger partial charge in [0.2, 0.25) is 0 Å². The normalized spacial score (nSPS) is 18.8. The lowest BCUT2D eigenvalue weighted by Crippen LogP contribution is -2.40. The lowest BCUT2D eigenvalue weighted by molar-refractivity contribution is -0.140. The third-order valence-electron chi connectivity index (χ3n) is 2.49. The van der Waals surface area contributed by atoms with Crippen LogP contribution in [0.25, 0.3) is 0 Å². The fraction of sp³-hybridized carbons (Fsp3) is 0.167. The Morgan fingerprint density at radius 3 is 2.56 bits per heavy atom. The molecule has 0 fully saturated rings. The standard InChI is InChI=1S/C12H11NO3/c14-11(9-5-2-1-3-6-9)13-8-4-7-10(13)12(15)16/h1-7,10H,8H2,(H,15,16)/t10-/m0/s1. The summed E-state index contributed by atoms with van der Waals surface area (Å²) in [5.74, 6) is -1.25. The molecule has 0 unspecified atom stereocenters. The number of carbonyl (C=O) groups excluding carboxylic acids is 1. The van der Waals surface area contributed by atoms with Crippen LogP contribution in [0.1, 0.15) is 10.4 Å². The van der Waals surface area contributed by atoms with Crippen molar-refractivity contribution in [2.45, 2.75) is 6.04 Å². The number of carbonyl (C=O) groups is 2. The van der Waals surface area contributed by atoms with Gasteiger partial charge in [-0.1, -0.05) is 30.4 Å². The molecule has 2 rings (SSSR count). The van der Waals surface area contributed by atoms with E-state index in [1.807, 2.05) is 6.07 Å². The van der Waals surface area contributed by atoms with Crippen molar-refractivity contribution in [1.82, 2.24) is 4.90 Å². The summed E-state index contributed by atoms with van der Waals surface area (Å²) in [6, 6.07) is 7.85. The maximum atomic E-state index is 12.0. The lowest BCUT2D eigenvalue weighted by Gasteiger charge is -2.21. The van der Waals surface area contributed by atoms with E-state index < -0.39 is 12.0 Å². The second kappa shape index (κ2) is 4.18. The molecule has 1 heterocycles. The van der Waals surface area contributed by atoms with E-state index in [1.165, 1.54) is 11.0 Å². The molecule has 1 aromatic rings. The van der Waals surface area contributed by atoms with Gasteiger partial charge in [0.1, 0.15) is 6.04 Å². The van der Waals surface area contributed by atoms with Gasteiger partial charge in [-0.3, -0.25) is 4.79 Å². The van der Waals surface area contributed by atoms with Crippen LogP contribution < -0.4 is 0 Å². The van der Waals surface area contributed by atoms with Crippen LogP contribution in [0.3, 0.4) is 0 Å². The molecular formula is C12H11NO3. The molecule has 1 aliphatic rings.